The Bertz CT molecular complexity index is 272. The van der Waals surface area contributed by atoms with Crippen molar-refractivity contribution >= 4 is 24.0 Å². The summed E-state index contributed by atoms with van der Waals surface area (Å²) in [5, 5.41) is 4.02. The molecule has 2 aliphatic rings. The Morgan fingerprint density at radius 1 is 1.20 bits per heavy atom. The summed E-state index contributed by atoms with van der Waals surface area (Å²) in [6.45, 7) is 1.77. The van der Waals surface area contributed by atoms with E-state index in [-0.39, 0.29) is 17.2 Å². The summed E-state index contributed by atoms with van der Waals surface area (Å²) in [5.41, 5.74) is 0. The maximum atomic E-state index is 11.3. The molecule has 0 aromatic carbocycles. The molecule has 2 aliphatic heterocycles. The van der Waals surface area contributed by atoms with E-state index in [1.165, 1.54) is 0 Å². The Morgan fingerprint density at radius 3 is 2.53 bits per heavy atom. The van der Waals surface area contributed by atoms with Gasteiger partial charge < -0.3 is 4.79 Å². The first-order valence-corrected chi connectivity index (χ1v) is 5.90. The number of carbonyl (C=O) groups is 2. The predicted molar refractivity (Wildman–Crippen MR) is 59.5 cm³/mol. The van der Waals surface area contributed by atoms with Gasteiger partial charge in [-0.3, -0.25) is 4.79 Å². The van der Waals surface area contributed by atoms with E-state index in [2.05, 4.69) is 17.6 Å². The van der Waals surface area contributed by atoms with Gasteiger partial charge in [-0.25, -0.2) is 10.0 Å². The molecule has 2 rings (SSSR count). The first kappa shape index (κ1) is 11.1. The van der Waals surface area contributed by atoms with Crippen molar-refractivity contribution in [3.63, 3.8) is 0 Å². The molecule has 2 fully saturated rings. The van der Waals surface area contributed by atoms with E-state index in [9.17, 15) is 9.59 Å². The van der Waals surface area contributed by atoms with Crippen LogP contribution in [-0.4, -0.2) is 46.6 Å². The van der Waals surface area contributed by atoms with E-state index >= 15 is 0 Å². The van der Waals surface area contributed by atoms with Crippen molar-refractivity contribution in [1.82, 2.24) is 10.0 Å². The monoisotopic (exact) mass is 228 g/mol. The molecule has 0 aromatic heterocycles. The van der Waals surface area contributed by atoms with Crippen molar-refractivity contribution in [2.45, 2.75) is 37.8 Å². The topological polar surface area (TPSA) is 40.6 Å². The molecule has 0 bridgehead atoms. The molecule has 0 saturated carbocycles. The smallest absolute Gasteiger partial charge is 0.204 e. The molecule has 2 saturated heterocycles. The van der Waals surface area contributed by atoms with Crippen LogP contribution >= 0.6 is 12.6 Å². The third-order valence-electron chi connectivity index (χ3n) is 3.27. The molecule has 0 aromatic rings. The van der Waals surface area contributed by atoms with Crippen LogP contribution in [0.3, 0.4) is 0 Å². The van der Waals surface area contributed by atoms with Gasteiger partial charge >= 0.3 is 0 Å². The summed E-state index contributed by atoms with van der Waals surface area (Å²) in [5.74, 6) is 0. The first-order chi connectivity index (χ1) is 7.24. The minimum absolute atomic E-state index is 0.0294. The van der Waals surface area contributed by atoms with Crippen LogP contribution in [0.2, 0.25) is 0 Å². The lowest BCUT2D eigenvalue weighted by atomic mass is 10.2. The second-order valence-corrected chi connectivity index (χ2v) is 4.61. The average Bonchev–Trinajstić information content (AvgIpc) is 2.85. The number of hydrazine groups is 1. The highest BCUT2D eigenvalue weighted by molar-refractivity contribution is 7.96. The van der Waals surface area contributed by atoms with Gasteiger partial charge in [-0.15, -0.1) is 12.6 Å². The first-order valence-electron chi connectivity index (χ1n) is 5.45. The van der Waals surface area contributed by atoms with Crippen molar-refractivity contribution in [3.05, 3.63) is 0 Å². The minimum Gasteiger partial charge on any atom is -0.302 e. The Kier molecular flexibility index (Phi) is 3.43. The molecule has 84 valence electrons. The van der Waals surface area contributed by atoms with E-state index in [1.54, 1.807) is 0 Å². The standard InChI is InChI=1S/C10H16N2O2S/c13-7-8-3-1-5-11(8)12-6-2-4-9(12)10(14)15/h7-9H,1-6H2,(H,14,15)/t8-,9-/m0/s1. The van der Waals surface area contributed by atoms with Crippen molar-refractivity contribution in [1.29, 1.82) is 0 Å². The summed E-state index contributed by atoms with van der Waals surface area (Å²) in [6.07, 6.45) is 4.82. The molecule has 0 radical (unpaired) electrons. The fourth-order valence-corrected chi connectivity index (χ4v) is 2.81. The van der Waals surface area contributed by atoms with E-state index < -0.39 is 0 Å². The second kappa shape index (κ2) is 4.63. The van der Waals surface area contributed by atoms with Gasteiger partial charge in [0.15, 0.2) is 0 Å². The van der Waals surface area contributed by atoms with Crippen molar-refractivity contribution < 1.29 is 9.59 Å². The van der Waals surface area contributed by atoms with Crippen LogP contribution in [0.25, 0.3) is 0 Å². The van der Waals surface area contributed by atoms with E-state index in [4.69, 9.17) is 0 Å². The molecule has 15 heavy (non-hydrogen) atoms. The van der Waals surface area contributed by atoms with Crippen LogP contribution in [0.15, 0.2) is 0 Å². The van der Waals surface area contributed by atoms with E-state index in [0.717, 1.165) is 45.1 Å². The highest BCUT2D eigenvalue weighted by Crippen LogP contribution is 2.27. The van der Waals surface area contributed by atoms with Crippen LogP contribution in [0.5, 0.6) is 0 Å². The van der Waals surface area contributed by atoms with Crippen LogP contribution in [0, 0.1) is 0 Å². The van der Waals surface area contributed by atoms with Gasteiger partial charge in [-0.2, -0.15) is 0 Å². The molecular formula is C10H16N2O2S. The van der Waals surface area contributed by atoms with Gasteiger partial charge in [0.25, 0.3) is 0 Å². The zero-order chi connectivity index (χ0) is 10.8. The number of aldehydes is 1. The Labute approximate surface area is 95.0 Å². The van der Waals surface area contributed by atoms with Crippen LogP contribution in [0.4, 0.5) is 0 Å². The van der Waals surface area contributed by atoms with Gasteiger partial charge in [0.05, 0.1) is 12.1 Å². The Hall–Kier alpha value is -0.390. The molecule has 2 atom stereocenters. The molecule has 0 amide bonds. The molecular weight excluding hydrogens is 212 g/mol. The van der Waals surface area contributed by atoms with Gasteiger partial charge in [0, 0.05) is 13.1 Å². The van der Waals surface area contributed by atoms with Crippen molar-refractivity contribution in [3.8, 4) is 0 Å². The second-order valence-electron chi connectivity index (χ2n) is 4.17. The van der Waals surface area contributed by atoms with Crippen LogP contribution in [-0.2, 0) is 9.59 Å². The zero-order valence-corrected chi connectivity index (χ0v) is 9.53. The molecule has 4 nitrogen and oxygen atoms in total. The Balaban J connectivity index is 2.08. The normalized spacial score (nSPS) is 33.4. The quantitative estimate of drug-likeness (QED) is 0.563. The maximum absolute atomic E-state index is 11.3. The van der Waals surface area contributed by atoms with Crippen LogP contribution in [0.1, 0.15) is 25.7 Å². The lowest BCUT2D eigenvalue weighted by molar-refractivity contribution is -0.129. The number of rotatable bonds is 3. The number of carbonyl (C=O) groups excluding carboxylic acids is 2. The number of nitrogens with zero attached hydrogens (tertiary/aromatic N) is 2. The molecule has 5 heteroatoms. The van der Waals surface area contributed by atoms with Crippen molar-refractivity contribution in [2.24, 2.45) is 0 Å². The summed E-state index contributed by atoms with van der Waals surface area (Å²) < 4.78 is 0. The van der Waals surface area contributed by atoms with Gasteiger partial charge in [-0.05, 0) is 25.7 Å². The summed E-state index contributed by atoms with van der Waals surface area (Å²) in [7, 11) is 0. The summed E-state index contributed by atoms with van der Waals surface area (Å²) in [4.78, 5) is 22.2. The van der Waals surface area contributed by atoms with Gasteiger partial charge in [0.1, 0.15) is 6.29 Å². The summed E-state index contributed by atoms with van der Waals surface area (Å²) >= 11 is 3.91. The highest BCUT2D eigenvalue weighted by Gasteiger charge is 2.37. The number of hydrogen-bond donors (Lipinski definition) is 1. The molecule has 0 aliphatic carbocycles. The third kappa shape index (κ3) is 2.09. The zero-order valence-electron chi connectivity index (χ0n) is 8.63. The SMILES string of the molecule is O=C[C@@H]1CCCN1N1CCC[C@H]1C(=O)S. The van der Waals surface area contributed by atoms with Gasteiger partial charge in [-0.1, -0.05) is 0 Å². The Morgan fingerprint density at radius 2 is 1.87 bits per heavy atom. The molecule has 0 N–H and O–H groups in total. The summed E-state index contributed by atoms with van der Waals surface area (Å²) in [6, 6.07) is -0.146. The van der Waals surface area contributed by atoms with Crippen LogP contribution < -0.4 is 0 Å². The maximum Gasteiger partial charge on any atom is 0.204 e. The molecule has 0 spiro atoms. The number of thiol groups is 1. The average molecular weight is 228 g/mol. The van der Waals surface area contributed by atoms with Crippen molar-refractivity contribution in [2.75, 3.05) is 13.1 Å². The largest absolute Gasteiger partial charge is 0.302 e. The predicted octanol–water partition coefficient (Wildman–Crippen LogP) is 0.485. The third-order valence-corrected chi connectivity index (χ3v) is 3.56. The molecule has 2 heterocycles. The fraction of sp³-hybridized carbons (Fsp3) is 0.800. The van der Waals surface area contributed by atoms with E-state index in [0.29, 0.717) is 0 Å². The lowest BCUT2D eigenvalue weighted by Gasteiger charge is -2.34. The fourth-order valence-electron chi connectivity index (χ4n) is 2.54. The lowest BCUT2D eigenvalue weighted by Crippen LogP contribution is -2.50. The highest BCUT2D eigenvalue weighted by atomic mass is 32.1. The van der Waals surface area contributed by atoms with Gasteiger partial charge in [0.2, 0.25) is 5.12 Å². The molecule has 0 unspecified atom stereocenters. The van der Waals surface area contributed by atoms with E-state index in [1.807, 2.05) is 5.01 Å². The number of hydrogen-bond acceptors (Lipinski definition) is 4. The minimum atomic E-state index is -0.117.